The number of hydrogen-bond acceptors (Lipinski definition) is 8. The summed E-state index contributed by atoms with van der Waals surface area (Å²) in [5.74, 6) is -0.947. The number of halogens is 2. The highest BCUT2D eigenvalue weighted by Crippen LogP contribution is 2.47. The zero-order valence-corrected chi connectivity index (χ0v) is 24.9. The second-order valence-electron chi connectivity index (χ2n) is 11.2. The molecular formula is C31H30ClFN6O4. The molecule has 222 valence electrons. The van der Waals surface area contributed by atoms with E-state index in [9.17, 15) is 14.7 Å². The van der Waals surface area contributed by atoms with Crippen molar-refractivity contribution in [2.24, 2.45) is 0 Å². The first-order valence-electron chi connectivity index (χ1n) is 14.0. The van der Waals surface area contributed by atoms with Gasteiger partial charge in [-0.05, 0) is 49.6 Å². The summed E-state index contributed by atoms with van der Waals surface area (Å²) in [6.07, 6.45) is 2.94. The van der Waals surface area contributed by atoms with Crippen LogP contribution in [0.15, 0.2) is 47.9 Å². The van der Waals surface area contributed by atoms with Gasteiger partial charge in [-0.3, -0.25) is 9.78 Å². The van der Waals surface area contributed by atoms with Crippen LogP contribution in [0.3, 0.4) is 0 Å². The Morgan fingerprint density at radius 3 is 2.72 bits per heavy atom. The number of phenols is 1. The van der Waals surface area contributed by atoms with Crippen LogP contribution in [0.25, 0.3) is 28.0 Å². The highest BCUT2D eigenvalue weighted by atomic mass is 35.5. The first kappa shape index (κ1) is 28.6. The summed E-state index contributed by atoms with van der Waals surface area (Å²) >= 11 is 6.94. The lowest BCUT2D eigenvalue weighted by molar-refractivity contribution is -0.127. The monoisotopic (exact) mass is 604 g/mol. The lowest BCUT2D eigenvalue weighted by Crippen LogP contribution is -2.61. The van der Waals surface area contributed by atoms with Crippen molar-refractivity contribution in [2.45, 2.75) is 45.7 Å². The average molecular weight is 605 g/mol. The molecule has 0 spiro atoms. The third-order valence-corrected chi connectivity index (χ3v) is 8.34. The number of aromatic hydroxyl groups is 1. The van der Waals surface area contributed by atoms with E-state index in [1.165, 1.54) is 28.8 Å². The molecule has 1 saturated heterocycles. The van der Waals surface area contributed by atoms with Crippen LogP contribution in [0.2, 0.25) is 5.02 Å². The molecule has 6 rings (SSSR count). The van der Waals surface area contributed by atoms with Crippen LogP contribution in [0.5, 0.6) is 11.5 Å². The van der Waals surface area contributed by atoms with E-state index in [-0.39, 0.29) is 57.9 Å². The molecule has 1 aromatic carbocycles. The number of anilines is 1. The molecule has 2 aliphatic heterocycles. The first-order chi connectivity index (χ1) is 20.5. The molecule has 1 amide bonds. The van der Waals surface area contributed by atoms with Crippen molar-refractivity contribution in [1.82, 2.24) is 24.4 Å². The van der Waals surface area contributed by atoms with Crippen molar-refractivity contribution in [1.29, 1.82) is 0 Å². The largest absolute Gasteiger partial charge is 0.507 e. The molecule has 0 aliphatic carbocycles. The molecule has 1 fully saturated rings. The van der Waals surface area contributed by atoms with Crippen LogP contribution in [-0.4, -0.2) is 67.2 Å². The number of nitrogens with zero attached hydrogens (tertiary/aromatic N) is 6. The number of ether oxygens (including phenoxy) is 1. The van der Waals surface area contributed by atoms with Crippen LogP contribution in [0.1, 0.15) is 37.9 Å². The van der Waals surface area contributed by atoms with Gasteiger partial charge < -0.3 is 19.6 Å². The van der Waals surface area contributed by atoms with E-state index in [1.54, 1.807) is 17.2 Å². The molecular weight excluding hydrogens is 575 g/mol. The number of aromatic nitrogens is 4. The Morgan fingerprint density at radius 1 is 1.26 bits per heavy atom. The molecule has 4 aromatic rings. The van der Waals surface area contributed by atoms with E-state index in [0.717, 1.165) is 5.56 Å². The van der Waals surface area contributed by atoms with Gasteiger partial charge in [-0.15, -0.1) is 0 Å². The van der Waals surface area contributed by atoms with Crippen molar-refractivity contribution in [3.05, 3.63) is 75.7 Å². The summed E-state index contributed by atoms with van der Waals surface area (Å²) in [6, 6.07) is 5.03. The Labute approximate surface area is 252 Å². The lowest BCUT2D eigenvalue weighted by Gasteiger charge is -2.45. The maximum absolute atomic E-state index is 15.3. The number of amides is 1. The summed E-state index contributed by atoms with van der Waals surface area (Å²) in [7, 11) is 0. The Morgan fingerprint density at radius 2 is 2.02 bits per heavy atom. The number of phenolic OH excluding ortho intramolecular Hbond substituents is 1. The molecule has 12 heteroatoms. The summed E-state index contributed by atoms with van der Waals surface area (Å²) in [5.41, 5.74) is 1.09. The smallest absolute Gasteiger partial charge is 0.355 e. The Balaban J connectivity index is 1.73. The fraction of sp³-hybridized carbons (Fsp3) is 0.323. The van der Waals surface area contributed by atoms with Gasteiger partial charge in [-0.1, -0.05) is 38.1 Å². The van der Waals surface area contributed by atoms with Crippen molar-refractivity contribution >= 4 is 34.4 Å². The zero-order chi connectivity index (χ0) is 30.7. The second-order valence-corrected chi connectivity index (χ2v) is 11.6. The lowest BCUT2D eigenvalue weighted by atomic mass is 10.0. The van der Waals surface area contributed by atoms with E-state index in [2.05, 4.69) is 16.5 Å². The fourth-order valence-corrected chi connectivity index (χ4v) is 6.37. The second kappa shape index (κ2) is 10.6. The molecule has 2 unspecified atom stereocenters. The molecule has 5 heterocycles. The quantitative estimate of drug-likeness (QED) is 0.332. The molecule has 0 radical (unpaired) electrons. The molecule has 10 nitrogen and oxygen atoms in total. The van der Waals surface area contributed by atoms with Gasteiger partial charge in [-0.2, -0.15) is 4.98 Å². The predicted molar refractivity (Wildman–Crippen MR) is 162 cm³/mol. The summed E-state index contributed by atoms with van der Waals surface area (Å²) in [6.45, 7) is 12.1. The third-order valence-electron chi connectivity index (χ3n) is 7.99. The van der Waals surface area contributed by atoms with E-state index in [0.29, 0.717) is 35.7 Å². The Hall–Kier alpha value is -4.51. The van der Waals surface area contributed by atoms with Crippen molar-refractivity contribution in [2.75, 3.05) is 24.6 Å². The fourth-order valence-electron chi connectivity index (χ4n) is 6.09. The minimum Gasteiger partial charge on any atom is -0.507 e. The summed E-state index contributed by atoms with van der Waals surface area (Å²) in [4.78, 5) is 44.3. The van der Waals surface area contributed by atoms with Gasteiger partial charge in [0.15, 0.2) is 11.4 Å². The first-order valence-corrected chi connectivity index (χ1v) is 14.3. The standard InChI is InChI=1S/C31H30ClFN6O4/c1-6-21(41)37-12-17(5)38-18(13-37)14-43-28-23-29(35-26(24(28)32)22-19(33)8-7-9-20(22)40)39(31(42)36-30(23)38)27-16(4)10-11-34-25(27)15(2)3/h6-11,15,17-18,40H,1,12-14H2,2-5H3. The number of pyridine rings is 2. The number of rotatable bonds is 4. The number of aryl methyl sites for hydroxylation is 1. The highest BCUT2D eigenvalue weighted by molar-refractivity contribution is 6.36. The van der Waals surface area contributed by atoms with Crippen molar-refractivity contribution in [3.8, 4) is 28.4 Å². The topological polar surface area (TPSA) is 114 Å². The van der Waals surface area contributed by atoms with Crippen LogP contribution in [0, 0.1) is 12.7 Å². The minimum absolute atomic E-state index is 0.0420. The van der Waals surface area contributed by atoms with Gasteiger partial charge in [0.1, 0.15) is 40.1 Å². The number of hydrogen-bond donors (Lipinski definition) is 1. The van der Waals surface area contributed by atoms with E-state index >= 15 is 4.39 Å². The average Bonchev–Trinajstić information content (AvgIpc) is 3.13. The van der Waals surface area contributed by atoms with Crippen LogP contribution in [-0.2, 0) is 4.79 Å². The third kappa shape index (κ3) is 4.50. The molecule has 0 bridgehead atoms. The normalized spacial score (nSPS) is 17.9. The molecule has 3 aromatic heterocycles. The van der Waals surface area contributed by atoms with Gasteiger partial charge in [0.05, 0.1) is 23.0 Å². The highest BCUT2D eigenvalue weighted by Gasteiger charge is 2.40. The van der Waals surface area contributed by atoms with Gasteiger partial charge in [-0.25, -0.2) is 18.7 Å². The van der Waals surface area contributed by atoms with Gasteiger partial charge in [0, 0.05) is 25.3 Å². The maximum Gasteiger partial charge on any atom is 0.355 e. The molecule has 0 saturated carbocycles. The summed E-state index contributed by atoms with van der Waals surface area (Å²) in [5, 5.41) is 11.0. The minimum atomic E-state index is -0.747. The predicted octanol–water partition coefficient (Wildman–Crippen LogP) is 4.76. The van der Waals surface area contributed by atoms with E-state index in [1.807, 2.05) is 32.6 Å². The van der Waals surface area contributed by atoms with Crippen LogP contribution in [0.4, 0.5) is 10.2 Å². The van der Waals surface area contributed by atoms with Crippen molar-refractivity contribution < 1.29 is 19.0 Å². The van der Waals surface area contributed by atoms with Gasteiger partial charge in [0.2, 0.25) is 5.91 Å². The van der Waals surface area contributed by atoms with E-state index < -0.39 is 17.5 Å². The molecule has 1 N–H and O–H groups in total. The maximum atomic E-state index is 15.3. The number of carbonyl (C=O) groups excluding carboxylic acids is 1. The van der Waals surface area contributed by atoms with Gasteiger partial charge >= 0.3 is 5.69 Å². The molecule has 2 atom stereocenters. The van der Waals surface area contributed by atoms with Crippen LogP contribution < -0.4 is 15.3 Å². The van der Waals surface area contributed by atoms with Gasteiger partial charge in [0.25, 0.3) is 0 Å². The summed E-state index contributed by atoms with van der Waals surface area (Å²) < 4.78 is 23.0. The molecule has 2 aliphatic rings. The Kier molecular flexibility index (Phi) is 7.08. The zero-order valence-electron chi connectivity index (χ0n) is 24.1. The van der Waals surface area contributed by atoms with E-state index in [4.69, 9.17) is 21.3 Å². The van der Waals surface area contributed by atoms with Crippen LogP contribution >= 0.6 is 11.6 Å². The molecule has 43 heavy (non-hydrogen) atoms. The number of fused-ring (bicyclic) bond motifs is 2. The number of piperazine rings is 1. The number of benzene rings is 1. The van der Waals surface area contributed by atoms with Crippen molar-refractivity contribution in [3.63, 3.8) is 0 Å². The SMILES string of the molecule is C=CC(=O)N1CC(C)N2c3nc(=O)n(-c4c(C)ccnc4C(C)C)c4nc(-c5c(O)cccc5F)c(Cl)c(c34)OCC2C1. The number of carbonyl (C=O) groups is 1. The Bertz CT molecular complexity index is 1860.